The Bertz CT molecular complexity index is 836. The SMILES string of the molecule is C/C(=N\NC(=O)c1cccc2ccccc12)c1cccnc1. The van der Waals surface area contributed by atoms with Crippen molar-refractivity contribution in [2.45, 2.75) is 6.92 Å². The molecule has 0 bridgehead atoms. The largest absolute Gasteiger partial charge is 0.272 e. The molecule has 0 saturated carbocycles. The molecule has 3 aromatic rings. The van der Waals surface area contributed by atoms with E-state index < -0.39 is 0 Å². The summed E-state index contributed by atoms with van der Waals surface area (Å²) >= 11 is 0. The minimum absolute atomic E-state index is 0.222. The first-order valence-corrected chi connectivity index (χ1v) is 6.98. The summed E-state index contributed by atoms with van der Waals surface area (Å²) in [5.74, 6) is -0.222. The molecule has 108 valence electrons. The van der Waals surface area contributed by atoms with Gasteiger partial charge in [0.1, 0.15) is 0 Å². The molecule has 1 aromatic heterocycles. The van der Waals surface area contributed by atoms with Crippen LogP contribution in [-0.4, -0.2) is 16.6 Å². The van der Waals surface area contributed by atoms with Gasteiger partial charge in [0.2, 0.25) is 0 Å². The van der Waals surface area contributed by atoms with Crippen LogP contribution in [0.5, 0.6) is 0 Å². The molecule has 0 atom stereocenters. The van der Waals surface area contributed by atoms with Crippen LogP contribution in [0.15, 0.2) is 72.1 Å². The van der Waals surface area contributed by atoms with Gasteiger partial charge < -0.3 is 0 Å². The highest BCUT2D eigenvalue weighted by molar-refractivity contribution is 6.07. The summed E-state index contributed by atoms with van der Waals surface area (Å²) in [6.07, 6.45) is 3.41. The van der Waals surface area contributed by atoms with E-state index in [1.807, 2.05) is 55.5 Å². The van der Waals surface area contributed by atoms with Gasteiger partial charge in [0, 0.05) is 23.5 Å². The standard InChI is InChI=1S/C18H15N3O/c1-13(15-8-5-11-19-12-15)20-21-18(22)17-10-4-7-14-6-2-3-9-16(14)17/h2-12H,1H3,(H,21,22)/b20-13+. The second kappa shape index (κ2) is 6.18. The summed E-state index contributed by atoms with van der Waals surface area (Å²) < 4.78 is 0. The number of carbonyl (C=O) groups is 1. The van der Waals surface area contributed by atoms with E-state index in [0.717, 1.165) is 16.3 Å². The molecule has 2 aromatic carbocycles. The number of amides is 1. The van der Waals surface area contributed by atoms with Gasteiger partial charge in [-0.3, -0.25) is 9.78 Å². The number of carbonyl (C=O) groups excluding carboxylic acids is 1. The molecule has 1 N–H and O–H groups in total. The van der Waals surface area contributed by atoms with E-state index in [0.29, 0.717) is 11.3 Å². The van der Waals surface area contributed by atoms with Gasteiger partial charge in [0.05, 0.1) is 5.71 Å². The van der Waals surface area contributed by atoms with Crippen molar-refractivity contribution in [1.29, 1.82) is 0 Å². The molecule has 0 aliphatic heterocycles. The Hall–Kier alpha value is -3.01. The third kappa shape index (κ3) is 2.86. The first-order valence-electron chi connectivity index (χ1n) is 6.98. The fraction of sp³-hybridized carbons (Fsp3) is 0.0556. The number of fused-ring (bicyclic) bond motifs is 1. The van der Waals surface area contributed by atoms with Gasteiger partial charge in [-0.15, -0.1) is 0 Å². The number of nitrogens with one attached hydrogen (secondary N) is 1. The van der Waals surface area contributed by atoms with Gasteiger partial charge in [-0.25, -0.2) is 5.43 Å². The van der Waals surface area contributed by atoms with E-state index in [1.165, 1.54) is 0 Å². The highest BCUT2D eigenvalue weighted by Crippen LogP contribution is 2.18. The Morgan fingerprint density at radius 2 is 1.86 bits per heavy atom. The monoisotopic (exact) mass is 289 g/mol. The van der Waals surface area contributed by atoms with Crippen molar-refractivity contribution in [3.8, 4) is 0 Å². The van der Waals surface area contributed by atoms with E-state index >= 15 is 0 Å². The first kappa shape index (κ1) is 13.9. The van der Waals surface area contributed by atoms with Crippen molar-refractivity contribution in [3.63, 3.8) is 0 Å². The normalized spacial score (nSPS) is 11.4. The third-order valence-electron chi connectivity index (χ3n) is 3.44. The maximum absolute atomic E-state index is 12.4. The number of nitrogens with zero attached hydrogens (tertiary/aromatic N) is 2. The third-order valence-corrected chi connectivity index (χ3v) is 3.44. The predicted octanol–water partition coefficient (Wildman–Crippen LogP) is 3.39. The van der Waals surface area contributed by atoms with Gasteiger partial charge in [-0.1, -0.05) is 42.5 Å². The summed E-state index contributed by atoms with van der Waals surface area (Å²) in [7, 11) is 0. The van der Waals surface area contributed by atoms with E-state index in [4.69, 9.17) is 0 Å². The highest BCUT2D eigenvalue weighted by atomic mass is 16.2. The van der Waals surface area contributed by atoms with Crippen molar-refractivity contribution in [3.05, 3.63) is 78.1 Å². The minimum atomic E-state index is -0.222. The lowest BCUT2D eigenvalue weighted by Crippen LogP contribution is -2.19. The zero-order chi connectivity index (χ0) is 15.4. The average Bonchev–Trinajstić information content (AvgIpc) is 2.59. The van der Waals surface area contributed by atoms with Gasteiger partial charge in [-0.05, 0) is 29.8 Å². The second-order valence-electron chi connectivity index (χ2n) is 4.91. The van der Waals surface area contributed by atoms with E-state index in [1.54, 1.807) is 18.5 Å². The van der Waals surface area contributed by atoms with Crippen molar-refractivity contribution in [1.82, 2.24) is 10.4 Å². The van der Waals surface area contributed by atoms with Crippen LogP contribution in [0.25, 0.3) is 10.8 Å². The molecule has 0 aliphatic rings. The molecule has 0 spiro atoms. The summed E-state index contributed by atoms with van der Waals surface area (Å²) in [6.45, 7) is 1.83. The zero-order valence-electron chi connectivity index (χ0n) is 12.2. The van der Waals surface area contributed by atoms with Crippen LogP contribution in [0.4, 0.5) is 0 Å². The summed E-state index contributed by atoms with van der Waals surface area (Å²) in [4.78, 5) is 16.4. The Labute approximate surface area is 128 Å². The Balaban J connectivity index is 1.85. The maximum Gasteiger partial charge on any atom is 0.272 e. The molecule has 0 fully saturated rings. The van der Waals surface area contributed by atoms with Gasteiger partial charge in [0.15, 0.2) is 0 Å². The quantitative estimate of drug-likeness (QED) is 0.593. The lowest BCUT2D eigenvalue weighted by Gasteiger charge is -2.06. The number of pyridine rings is 1. The topological polar surface area (TPSA) is 54.4 Å². The van der Waals surface area contributed by atoms with Crippen molar-refractivity contribution in [2.75, 3.05) is 0 Å². The smallest absolute Gasteiger partial charge is 0.267 e. The van der Waals surface area contributed by atoms with Crippen LogP contribution in [0.2, 0.25) is 0 Å². The Morgan fingerprint density at radius 1 is 1.05 bits per heavy atom. The van der Waals surface area contributed by atoms with Crippen LogP contribution < -0.4 is 5.43 Å². The van der Waals surface area contributed by atoms with Crippen LogP contribution in [0, 0.1) is 0 Å². The fourth-order valence-corrected chi connectivity index (χ4v) is 2.26. The number of aromatic nitrogens is 1. The van der Waals surface area contributed by atoms with Gasteiger partial charge >= 0.3 is 0 Å². The van der Waals surface area contributed by atoms with E-state index in [9.17, 15) is 4.79 Å². The van der Waals surface area contributed by atoms with Gasteiger partial charge in [-0.2, -0.15) is 5.10 Å². The molecule has 4 heteroatoms. The van der Waals surface area contributed by atoms with Crippen LogP contribution in [0.3, 0.4) is 0 Å². The molecular formula is C18H15N3O. The number of hydrogen-bond donors (Lipinski definition) is 1. The zero-order valence-corrected chi connectivity index (χ0v) is 12.2. The van der Waals surface area contributed by atoms with Crippen LogP contribution >= 0.6 is 0 Å². The molecule has 0 saturated heterocycles. The number of rotatable bonds is 3. The lowest BCUT2D eigenvalue weighted by atomic mass is 10.0. The highest BCUT2D eigenvalue weighted by Gasteiger charge is 2.09. The van der Waals surface area contributed by atoms with Crippen molar-refractivity contribution in [2.24, 2.45) is 5.10 Å². The predicted molar refractivity (Wildman–Crippen MR) is 87.9 cm³/mol. The summed E-state index contributed by atoms with van der Waals surface area (Å²) in [6, 6.07) is 17.2. The summed E-state index contributed by atoms with van der Waals surface area (Å²) in [5.41, 5.74) is 4.81. The van der Waals surface area contributed by atoms with Crippen LogP contribution in [-0.2, 0) is 0 Å². The first-order chi connectivity index (χ1) is 10.8. The fourth-order valence-electron chi connectivity index (χ4n) is 2.26. The van der Waals surface area contributed by atoms with Gasteiger partial charge in [0.25, 0.3) is 5.91 Å². The molecule has 0 radical (unpaired) electrons. The lowest BCUT2D eigenvalue weighted by molar-refractivity contribution is 0.0956. The van der Waals surface area contributed by atoms with Crippen LogP contribution in [0.1, 0.15) is 22.8 Å². The molecule has 1 heterocycles. The second-order valence-corrected chi connectivity index (χ2v) is 4.91. The van der Waals surface area contributed by atoms with Crippen molar-refractivity contribution < 1.29 is 4.79 Å². The minimum Gasteiger partial charge on any atom is -0.267 e. The molecule has 22 heavy (non-hydrogen) atoms. The number of benzene rings is 2. The maximum atomic E-state index is 12.4. The number of hydrazone groups is 1. The molecule has 3 rings (SSSR count). The van der Waals surface area contributed by atoms with Crippen molar-refractivity contribution >= 4 is 22.4 Å². The molecule has 4 nitrogen and oxygen atoms in total. The number of hydrogen-bond acceptors (Lipinski definition) is 3. The van der Waals surface area contributed by atoms with E-state index in [2.05, 4.69) is 15.5 Å². The molecular weight excluding hydrogens is 274 g/mol. The average molecular weight is 289 g/mol. The molecule has 1 amide bonds. The summed E-state index contributed by atoms with van der Waals surface area (Å²) in [5, 5.41) is 6.10. The van der Waals surface area contributed by atoms with E-state index in [-0.39, 0.29) is 5.91 Å². The Morgan fingerprint density at radius 3 is 2.68 bits per heavy atom. The molecule has 0 unspecified atom stereocenters. The Kier molecular flexibility index (Phi) is 3.92. The molecule has 0 aliphatic carbocycles.